The lowest BCUT2D eigenvalue weighted by atomic mass is 9.74. The Balaban J connectivity index is 1.80. The zero-order valence-electron chi connectivity index (χ0n) is 11.7. The molecule has 0 aromatic carbocycles. The first-order valence-corrected chi connectivity index (χ1v) is 7.33. The maximum absolute atomic E-state index is 12.2. The number of ether oxygens (including phenoxy) is 1. The molecule has 1 aliphatic heterocycles. The fraction of sp³-hybridized carbons (Fsp3) is 0.929. The summed E-state index contributed by atoms with van der Waals surface area (Å²) in [6.45, 7) is 3.56. The van der Waals surface area contributed by atoms with Gasteiger partial charge in [0, 0.05) is 24.6 Å². The quantitative estimate of drug-likeness (QED) is 0.690. The fourth-order valence-corrected chi connectivity index (χ4v) is 3.14. The molecule has 4 N–H and O–H groups in total. The predicted molar refractivity (Wildman–Crippen MR) is 72.5 cm³/mol. The number of aliphatic hydroxyl groups is 1. The molecule has 1 saturated heterocycles. The molecule has 0 aromatic heterocycles. The van der Waals surface area contributed by atoms with Gasteiger partial charge in [-0.1, -0.05) is 12.8 Å². The Kier molecular flexibility index (Phi) is 4.81. The summed E-state index contributed by atoms with van der Waals surface area (Å²) in [6, 6.07) is 0. The number of nitrogens with one attached hydrogen (secondary N) is 1. The van der Waals surface area contributed by atoms with Crippen molar-refractivity contribution in [1.82, 2.24) is 5.32 Å². The number of rotatable bonds is 4. The Morgan fingerprint density at radius 1 is 1.53 bits per heavy atom. The van der Waals surface area contributed by atoms with E-state index in [4.69, 9.17) is 10.5 Å². The van der Waals surface area contributed by atoms with E-state index in [0.29, 0.717) is 19.8 Å². The van der Waals surface area contributed by atoms with E-state index in [9.17, 15) is 9.90 Å². The van der Waals surface area contributed by atoms with Gasteiger partial charge in [-0.15, -0.1) is 0 Å². The summed E-state index contributed by atoms with van der Waals surface area (Å²) in [7, 11) is 0. The number of carbonyl (C=O) groups excluding carboxylic acids is 1. The summed E-state index contributed by atoms with van der Waals surface area (Å²) < 4.78 is 5.24. The van der Waals surface area contributed by atoms with Crippen molar-refractivity contribution in [1.29, 1.82) is 0 Å². The summed E-state index contributed by atoms with van der Waals surface area (Å²) in [5, 5.41) is 12.9. The van der Waals surface area contributed by atoms with Gasteiger partial charge < -0.3 is 20.9 Å². The van der Waals surface area contributed by atoms with Crippen molar-refractivity contribution in [3.8, 4) is 0 Å². The van der Waals surface area contributed by atoms with E-state index in [-0.39, 0.29) is 17.7 Å². The average molecular weight is 270 g/mol. The lowest BCUT2D eigenvalue weighted by Crippen LogP contribution is -2.53. The second kappa shape index (κ2) is 6.20. The molecular formula is C14H26N2O3. The Labute approximate surface area is 114 Å². The summed E-state index contributed by atoms with van der Waals surface area (Å²) in [5.74, 6) is 0.00635. The van der Waals surface area contributed by atoms with Gasteiger partial charge >= 0.3 is 0 Å². The molecule has 1 saturated carbocycles. The lowest BCUT2D eigenvalue weighted by Gasteiger charge is -2.37. The molecule has 1 amide bonds. The van der Waals surface area contributed by atoms with Gasteiger partial charge in [0.1, 0.15) is 0 Å². The van der Waals surface area contributed by atoms with Crippen LogP contribution in [0.15, 0.2) is 0 Å². The molecule has 5 nitrogen and oxygen atoms in total. The van der Waals surface area contributed by atoms with Crippen molar-refractivity contribution < 1.29 is 14.6 Å². The average Bonchev–Trinajstić information content (AvgIpc) is 2.89. The van der Waals surface area contributed by atoms with Crippen LogP contribution < -0.4 is 11.1 Å². The van der Waals surface area contributed by atoms with Gasteiger partial charge in [0.2, 0.25) is 5.91 Å². The van der Waals surface area contributed by atoms with Gasteiger partial charge in [-0.3, -0.25) is 4.79 Å². The molecule has 2 aliphatic rings. The minimum atomic E-state index is -0.515. The maximum atomic E-state index is 12.2. The minimum Gasteiger partial charge on any atom is -0.391 e. The molecule has 110 valence electrons. The van der Waals surface area contributed by atoms with Crippen LogP contribution in [0.25, 0.3) is 0 Å². The SMILES string of the molecule is CC1(N)CCCCC1C(=O)NCC(O)C1CCOC1. The molecule has 1 heterocycles. The van der Waals surface area contributed by atoms with Crippen LogP contribution in [0.5, 0.6) is 0 Å². The Morgan fingerprint density at radius 3 is 2.95 bits per heavy atom. The first-order valence-electron chi connectivity index (χ1n) is 7.33. The molecule has 19 heavy (non-hydrogen) atoms. The summed E-state index contributed by atoms with van der Waals surface area (Å²) in [4.78, 5) is 12.2. The summed E-state index contributed by atoms with van der Waals surface area (Å²) in [6.07, 6.45) is 4.25. The van der Waals surface area contributed by atoms with Crippen LogP contribution in [0, 0.1) is 11.8 Å². The van der Waals surface area contributed by atoms with Crippen molar-refractivity contribution >= 4 is 5.91 Å². The van der Waals surface area contributed by atoms with Crippen LogP contribution in [0.1, 0.15) is 39.0 Å². The van der Waals surface area contributed by atoms with E-state index >= 15 is 0 Å². The standard InChI is InChI=1S/C14H26N2O3/c1-14(15)6-3-2-4-11(14)13(18)16-8-12(17)10-5-7-19-9-10/h10-12,17H,2-9,15H2,1H3,(H,16,18). The molecule has 0 radical (unpaired) electrons. The third-order valence-corrected chi connectivity index (χ3v) is 4.57. The molecule has 0 aromatic rings. The highest BCUT2D eigenvalue weighted by molar-refractivity contribution is 5.80. The van der Waals surface area contributed by atoms with Crippen LogP contribution in [-0.2, 0) is 9.53 Å². The normalized spacial score (nSPS) is 37.0. The molecule has 4 unspecified atom stereocenters. The molecule has 5 heteroatoms. The summed E-state index contributed by atoms with van der Waals surface area (Å²) >= 11 is 0. The Morgan fingerprint density at radius 2 is 2.32 bits per heavy atom. The van der Waals surface area contributed by atoms with E-state index in [1.54, 1.807) is 0 Å². The molecule has 2 fully saturated rings. The predicted octanol–water partition coefficient (Wildman–Crippen LogP) is 0.408. The lowest BCUT2D eigenvalue weighted by molar-refractivity contribution is -0.128. The van der Waals surface area contributed by atoms with Gasteiger partial charge in [0.25, 0.3) is 0 Å². The topological polar surface area (TPSA) is 84.6 Å². The number of carbonyl (C=O) groups is 1. The van der Waals surface area contributed by atoms with Crippen molar-refractivity contribution in [2.24, 2.45) is 17.6 Å². The highest BCUT2D eigenvalue weighted by atomic mass is 16.5. The largest absolute Gasteiger partial charge is 0.391 e. The molecular weight excluding hydrogens is 244 g/mol. The van der Waals surface area contributed by atoms with Crippen LogP contribution >= 0.6 is 0 Å². The molecule has 1 aliphatic carbocycles. The zero-order chi connectivity index (χ0) is 13.9. The molecule has 2 rings (SSSR count). The highest BCUT2D eigenvalue weighted by Crippen LogP contribution is 2.31. The van der Waals surface area contributed by atoms with Gasteiger partial charge in [-0.25, -0.2) is 0 Å². The highest BCUT2D eigenvalue weighted by Gasteiger charge is 2.38. The van der Waals surface area contributed by atoms with Crippen molar-refractivity contribution in [3.05, 3.63) is 0 Å². The molecule has 4 atom stereocenters. The summed E-state index contributed by atoms with van der Waals surface area (Å²) in [5.41, 5.74) is 5.80. The van der Waals surface area contributed by atoms with Crippen LogP contribution in [0.3, 0.4) is 0 Å². The molecule has 0 spiro atoms. The Bertz CT molecular complexity index is 314. The van der Waals surface area contributed by atoms with Gasteiger partial charge in [0.15, 0.2) is 0 Å². The maximum Gasteiger partial charge on any atom is 0.225 e. The van der Waals surface area contributed by atoms with Crippen molar-refractivity contribution in [2.75, 3.05) is 19.8 Å². The van der Waals surface area contributed by atoms with E-state index in [1.165, 1.54) is 0 Å². The van der Waals surface area contributed by atoms with Gasteiger partial charge in [-0.2, -0.15) is 0 Å². The Hall–Kier alpha value is -0.650. The third kappa shape index (κ3) is 3.68. The number of hydrogen-bond acceptors (Lipinski definition) is 4. The minimum absolute atomic E-state index is 0.0114. The van der Waals surface area contributed by atoms with Crippen LogP contribution in [0.2, 0.25) is 0 Å². The second-order valence-corrected chi connectivity index (χ2v) is 6.24. The monoisotopic (exact) mass is 270 g/mol. The van der Waals surface area contributed by atoms with Crippen LogP contribution in [0.4, 0.5) is 0 Å². The zero-order valence-corrected chi connectivity index (χ0v) is 11.7. The van der Waals surface area contributed by atoms with Gasteiger partial charge in [0.05, 0.1) is 18.6 Å². The van der Waals surface area contributed by atoms with E-state index in [0.717, 1.165) is 32.1 Å². The first kappa shape index (κ1) is 14.8. The second-order valence-electron chi connectivity index (χ2n) is 6.24. The van der Waals surface area contributed by atoms with Crippen molar-refractivity contribution in [3.63, 3.8) is 0 Å². The smallest absolute Gasteiger partial charge is 0.225 e. The van der Waals surface area contributed by atoms with E-state index in [1.807, 2.05) is 6.92 Å². The van der Waals surface area contributed by atoms with Crippen molar-refractivity contribution in [2.45, 2.75) is 50.7 Å². The van der Waals surface area contributed by atoms with E-state index < -0.39 is 11.6 Å². The van der Waals surface area contributed by atoms with Gasteiger partial charge in [-0.05, 0) is 26.2 Å². The van der Waals surface area contributed by atoms with Crippen LogP contribution in [-0.4, -0.2) is 42.4 Å². The number of nitrogens with two attached hydrogens (primary N) is 1. The number of aliphatic hydroxyl groups excluding tert-OH is 1. The van der Waals surface area contributed by atoms with E-state index in [2.05, 4.69) is 5.32 Å². The fourth-order valence-electron chi connectivity index (χ4n) is 3.14. The molecule has 0 bridgehead atoms. The third-order valence-electron chi connectivity index (χ3n) is 4.57. The number of hydrogen-bond donors (Lipinski definition) is 3. The first-order chi connectivity index (χ1) is 9.00. The number of amides is 1.